The number of hydrogen-bond donors (Lipinski definition) is 0. The maximum atomic E-state index is 11.8. The van der Waals surface area contributed by atoms with Crippen molar-refractivity contribution < 1.29 is 4.57 Å². The summed E-state index contributed by atoms with van der Waals surface area (Å²) in [5.74, 6) is 0. The Hall–Kier alpha value is -0.620. The Morgan fingerprint density at radius 2 is 1.93 bits per heavy atom. The molecular formula is C11H20NOP. The van der Waals surface area contributed by atoms with Crippen molar-refractivity contribution in [1.82, 2.24) is 4.98 Å². The lowest BCUT2D eigenvalue weighted by atomic mass is 10.3. The highest BCUT2D eigenvalue weighted by atomic mass is 31.2. The summed E-state index contributed by atoms with van der Waals surface area (Å²) in [6.07, 6.45) is 2.45. The molecule has 1 rings (SSSR count). The molecule has 2 nitrogen and oxygen atoms in total. The molecule has 0 aliphatic heterocycles. The number of aromatic nitrogens is 1. The van der Waals surface area contributed by atoms with Crippen LogP contribution in [0.5, 0.6) is 0 Å². The highest BCUT2D eigenvalue weighted by Gasteiger charge is 2.15. The molecule has 0 bridgehead atoms. The monoisotopic (exact) mass is 213 g/mol. The smallest absolute Gasteiger partial charge is 0.129 e. The molecule has 0 aromatic carbocycles. The Bertz CT molecular complexity index is 306. The van der Waals surface area contributed by atoms with Gasteiger partial charge in [-0.1, -0.05) is 26.8 Å². The van der Waals surface area contributed by atoms with Crippen molar-refractivity contribution in [2.24, 2.45) is 0 Å². The topological polar surface area (TPSA) is 30.0 Å². The van der Waals surface area contributed by atoms with Crippen LogP contribution in [0.3, 0.4) is 0 Å². The minimum Gasteiger partial charge on any atom is -0.317 e. The van der Waals surface area contributed by atoms with Crippen LogP contribution in [0.2, 0.25) is 0 Å². The molecule has 0 spiro atoms. The lowest BCUT2D eigenvalue weighted by Gasteiger charge is -2.08. The van der Waals surface area contributed by atoms with Crippen molar-refractivity contribution in [2.75, 3.05) is 12.8 Å². The number of pyridine rings is 1. The van der Waals surface area contributed by atoms with Gasteiger partial charge in [0.1, 0.15) is 7.14 Å². The predicted octanol–water partition coefficient (Wildman–Crippen LogP) is 3.05. The van der Waals surface area contributed by atoms with Gasteiger partial charge in [-0.15, -0.1) is 0 Å². The molecule has 1 aromatic rings. The van der Waals surface area contributed by atoms with E-state index in [4.69, 9.17) is 0 Å². The third-order valence-corrected chi connectivity index (χ3v) is 4.42. The molecule has 14 heavy (non-hydrogen) atoms. The van der Waals surface area contributed by atoms with Crippen molar-refractivity contribution in [1.29, 1.82) is 0 Å². The summed E-state index contributed by atoms with van der Waals surface area (Å²) in [6, 6.07) is 3.81. The highest BCUT2D eigenvalue weighted by molar-refractivity contribution is 7.70. The Morgan fingerprint density at radius 1 is 1.36 bits per heavy atom. The number of aryl methyl sites for hydroxylation is 1. The second-order valence-corrected chi connectivity index (χ2v) is 6.40. The van der Waals surface area contributed by atoms with Crippen molar-refractivity contribution in [3.05, 3.63) is 23.9 Å². The van der Waals surface area contributed by atoms with E-state index in [1.54, 1.807) is 12.9 Å². The van der Waals surface area contributed by atoms with Gasteiger partial charge in [0.15, 0.2) is 0 Å². The summed E-state index contributed by atoms with van der Waals surface area (Å²) < 4.78 is 11.8. The van der Waals surface area contributed by atoms with Gasteiger partial charge in [0.25, 0.3) is 0 Å². The first-order chi connectivity index (χ1) is 6.56. The van der Waals surface area contributed by atoms with Crippen LogP contribution >= 0.6 is 7.14 Å². The molecule has 0 aliphatic carbocycles. The summed E-state index contributed by atoms with van der Waals surface area (Å²) in [5, 5.41) is 0. The molecule has 0 aliphatic rings. The molecule has 0 amide bonds. The van der Waals surface area contributed by atoms with Crippen molar-refractivity contribution >= 4 is 12.6 Å². The van der Waals surface area contributed by atoms with Crippen molar-refractivity contribution in [2.45, 2.75) is 27.7 Å². The fourth-order valence-electron chi connectivity index (χ4n) is 0.902. The zero-order valence-electron chi connectivity index (χ0n) is 9.74. The third kappa shape index (κ3) is 3.63. The lowest BCUT2D eigenvalue weighted by molar-refractivity contribution is 0.585. The van der Waals surface area contributed by atoms with Gasteiger partial charge in [-0.2, -0.15) is 0 Å². The minimum absolute atomic E-state index is 0.684. The van der Waals surface area contributed by atoms with Gasteiger partial charge >= 0.3 is 0 Å². The summed E-state index contributed by atoms with van der Waals surface area (Å²) in [5.41, 5.74) is 1.85. The number of hydrogen-bond acceptors (Lipinski definition) is 2. The normalized spacial score (nSPS) is 13.8. The van der Waals surface area contributed by atoms with Crippen LogP contribution in [0.15, 0.2) is 18.3 Å². The lowest BCUT2D eigenvalue weighted by Crippen LogP contribution is -2.09. The van der Waals surface area contributed by atoms with Crippen LogP contribution in [0, 0.1) is 6.92 Å². The summed E-state index contributed by atoms with van der Waals surface area (Å²) in [6.45, 7) is 9.69. The van der Waals surface area contributed by atoms with Crippen LogP contribution in [-0.2, 0) is 4.57 Å². The molecular weight excluding hydrogens is 193 g/mol. The van der Waals surface area contributed by atoms with Gasteiger partial charge in [-0.3, -0.25) is 4.98 Å². The summed E-state index contributed by atoms with van der Waals surface area (Å²) in [4.78, 5) is 4.16. The fourth-order valence-corrected chi connectivity index (χ4v) is 1.92. The molecule has 1 atom stereocenters. The van der Waals surface area contributed by atoms with Crippen molar-refractivity contribution in [3.63, 3.8) is 0 Å². The fraction of sp³-hybridized carbons (Fsp3) is 0.545. The van der Waals surface area contributed by atoms with Gasteiger partial charge < -0.3 is 4.57 Å². The van der Waals surface area contributed by atoms with Gasteiger partial charge in [0, 0.05) is 12.4 Å². The molecule has 0 N–H and O–H groups in total. The molecule has 0 saturated carbocycles. The van der Waals surface area contributed by atoms with Gasteiger partial charge in [0.2, 0.25) is 0 Å². The highest BCUT2D eigenvalue weighted by Crippen LogP contribution is 2.37. The first-order valence-electron chi connectivity index (χ1n) is 5.06. The molecule has 1 unspecified atom stereocenters. The Kier molecular flexibility index (Phi) is 5.71. The molecule has 0 fully saturated rings. The number of nitrogens with zero attached hydrogens (tertiary/aromatic N) is 1. The minimum atomic E-state index is -2.16. The maximum absolute atomic E-state index is 11.8. The Balaban J connectivity index is 0.000000791. The molecule has 1 aromatic heterocycles. The average molecular weight is 213 g/mol. The van der Waals surface area contributed by atoms with Gasteiger partial charge in [0.05, 0.1) is 5.44 Å². The second kappa shape index (κ2) is 5.98. The summed E-state index contributed by atoms with van der Waals surface area (Å²) in [7, 11) is -2.16. The van der Waals surface area contributed by atoms with Gasteiger partial charge in [-0.05, 0) is 25.2 Å². The largest absolute Gasteiger partial charge is 0.317 e. The Morgan fingerprint density at radius 3 is 2.29 bits per heavy atom. The van der Waals surface area contributed by atoms with E-state index in [0.29, 0.717) is 6.16 Å². The van der Waals surface area contributed by atoms with E-state index < -0.39 is 7.14 Å². The first-order valence-corrected chi connectivity index (χ1v) is 7.40. The van der Waals surface area contributed by atoms with E-state index in [9.17, 15) is 4.57 Å². The van der Waals surface area contributed by atoms with E-state index in [0.717, 1.165) is 11.0 Å². The van der Waals surface area contributed by atoms with Gasteiger partial charge in [-0.25, -0.2) is 0 Å². The molecule has 3 heteroatoms. The van der Waals surface area contributed by atoms with Crippen LogP contribution < -0.4 is 5.44 Å². The van der Waals surface area contributed by atoms with E-state index in [1.165, 1.54) is 0 Å². The average Bonchev–Trinajstić information content (AvgIpc) is 2.21. The van der Waals surface area contributed by atoms with Crippen molar-refractivity contribution in [3.8, 4) is 0 Å². The summed E-state index contributed by atoms with van der Waals surface area (Å²) >= 11 is 0. The van der Waals surface area contributed by atoms with E-state index in [2.05, 4.69) is 4.98 Å². The van der Waals surface area contributed by atoms with Crippen LogP contribution in [0.4, 0.5) is 0 Å². The van der Waals surface area contributed by atoms with E-state index in [1.807, 2.05) is 39.8 Å². The van der Waals surface area contributed by atoms with E-state index >= 15 is 0 Å². The Labute approximate surface area is 87.1 Å². The molecule has 0 saturated heterocycles. The molecule has 80 valence electrons. The van der Waals surface area contributed by atoms with Crippen LogP contribution in [0.25, 0.3) is 0 Å². The quantitative estimate of drug-likeness (QED) is 0.707. The SMILES string of the molecule is CC.CCP(C)(=O)c1ccc(C)cn1. The first kappa shape index (κ1) is 13.4. The third-order valence-electron chi connectivity index (χ3n) is 1.98. The number of rotatable bonds is 2. The maximum Gasteiger partial charge on any atom is 0.129 e. The van der Waals surface area contributed by atoms with Crippen LogP contribution in [-0.4, -0.2) is 17.8 Å². The predicted molar refractivity (Wildman–Crippen MR) is 64.0 cm³/mol. The standard InChI is InChI=1S/C9H14NOP.C2H6/c1-4-12(3,11)9-6-5-8(2)7-10-9;1-2/h5-7H,4H2,1-3H3;1-2H3. The second-order valence-electron chi connectivity index (χ2n) is 3.11. The van der Waals surface area contributed by atoms with E-state index in [-0.39, 0.29) is 0 Å². The zero-order chi connectivity index (χ0) is 11.2. The molecule has 0 radical (unpaired) electrons. The zero-order valence-corrected chi connectivity index (χ0v) is 10.6. The molecule has 1 heterocycles. The van der Waals surface area contributed by atoms with Crippen LogP contribution in [0.1, 0.15) is 26.3 Å².